The molecule has 21 heavy (non-hydrogen) atoms. The summed E-state index contributed by atoms with van der Waals surface area (Å²) >= 11 is 2.20. The lowest BCUT2D eigenvalue weighted by Crippen LogP contribution is -2.35. The Labute approximate surface area is 137 Å². The van der Waals surface area contributed by atoms with Crippen LogP contribution in [-0.4, -0.2) is 12.6 Å². The van der Waals surface area contributed by atoms with Gasteiger partial charge in [0.1, 0.15) is 5.75 Å². The maximum absolute atomic E-state index is 12.2. The fourth-order valence-corrected chi connectivity index (χ4v) is 2.89. The van der Waals surface area contributed by atoms with Gasteiger partial charge >= 0.3 is 6.03 Å². The van der Waals surface area contributed by atoms with Gasteiger partial charge in [-0.05, 0) is 40.8 Å². The molecule has 2 aromatic rings. The van der Waals surface area contributed by atoms with E-state index in [1.807, 2.05) is 48.5 Å². The zero-order valence-corrected chi connectivity index (χ0v) is 13.5. The molecule has 1 atom stereocenters. The van der Waals surface area contributed by atoms with Crippen LogP contribution >= 0.6 is 22.6 Å². The minimum atomic E-state index is -0.194. The lowest BCUT2D eigenvalue weighted by molar-refractivity contribution is 0.232. The van der Waals surface area contributed by atoms with Crippen LogP contribution in [0.2, 0.25) is 0 Å². The third kappa shape index (κ3) is 3.29. The SMILES string of the molecule is O=C(Nc1ccccc1I)NC1CCOc2ccccc21. The van der Waals surface area contributed by atoms with Gasteiger partial charge in [-0.1, -0.05) is 30.3 Å². The molecule has 0 bridgehead atoms. The highest BCUT2D eigenvalue weighted by Crippen LogP contribution is 2.31. The Morgan fingerprint density at radius 3 is 2.76 bits per heavy atom. The highest BCUT2D eigenvalue weighted by Gasteiger charge is 2.22. The molecule has 0 fully saturated rings. The summed E-state index contributed by atoms with van der Waals surface area (Å²) in [4.78, 5) is 12.2. The number of halogens is 1. The van der Waals surface area contributed by atoms with Crippen LogP contribution < -0.4 is 15.4 Å². The predicted molar refractivity (Wildman–Crippen MR) is 90.6 cm³/mol. The molecule has 1 unspecified atom stereocenters. The zero-order chi connectivity index (χ0) is 14.7. The Hall–Kier alpha value is -1.76. The van der Waals surface area contributed by atoms with E-state index < -0.39 is 0 Å². The van der Waals surface area contributed by atoms with E-state index in [1.165, 1.54) is 0 Å². The molecular weight excluding hydrogens is 379 g/mol. The van der Waals surface area contributed by atoms with E-state index >= 15 is 0 Å². The van der Waals surface area contributed by atoms with E-state index in [0.29, 0.717) is 6.61 Å². The number of nitrogens with one attached hydrogen (secondary N) is 2. The monoisotopic (exact) mass is 394 g/mol. The van der Waals surface area contributed by atoms with E-state index in [9.17, 15) is 4.79 Å². The number of rotatable bonds is 2. The van der Waals surface area contributed by atoms with E-state index in [1.54, 1.807) is 0 Å². The number of anilines is 1. The zero-order valence-electron chi connectivity index (χ0n) is 11.3. The maximum atomic E-state index is 12.2. The normalized spacial score (nSPS) is 16.5. The first-order valence-corrected chi connectivity index (χ1v) is 7.85. The van der Waals surface area contributed by atoms with Gasteiger partial charge < -0.3 is 15.4 Å². The van der Waals surface area contributed by atoms with Crippen molar-refractivity contribution in [3.63, 3.8) is 0 Å². The summed E-state index contributed by atoms with van der Waals surface area (Å²) in [6, 6.07) is 15.3. The molecule has 2 amide bonds. The Morgan fingerprint density at radius 2 is 1.90 bits per heavy atom. The molecule has 0 spiro atoms. The molecule has 3 rings (SSSR count). The number of fused-ring (bicyclic) bond motifs is 1. The number of para-hydroxylation sites is 2. The summed E-state index contributed by atoms with van der Waals surface area (Å²) in [6.07, 6.45) is 0.774. The molecule has 5 heteroatoms. The standard InChI is InChI=1S/C16H15IN2O2/c17-12-6-2-3-7-14(12)19-16(20)18-13-9-10-21-15-8-4-1-5-11(13)15/h1-8,13H,9-10H2,(H2,18,19,20). The van der Waals surface area contributed by atoms with Crippen LogP contribution in [0.1, 0.15) is 18.0 Å². The molecule has 1 aliphatic rings. The minimum absolute atomic E-state index is 0.0173. The summed E-state index contributed by atoms with van der Waals surface area (Å²) < 4.78 is 6.61. The van der Waals surface area contributed by atoms with Crippen LogP contribution in [0.5, 0.6) is 5.75 Å². The Kier molecular flexibility index (Phi) is 4.28. The lowest BCUT2D eigenvalue weighted by atomic mass is 10.0. The maximum Gasteiger partial charge on any atom is 0.319 e. The molecule has 1 aliphatic heterocycles. The number of hydrogen-bond acceptors (Lipinski definition) is 2. The van der Waals surface area contributed by atoms with E-state index in [2.05, 4.69) is 33.2 Å². The van der Waals surface area contributed by atoms with E-state index in [-0.39, 0.29) is 12.1 Å². The van der Waals surface area contributed by atoms with Crippen molar-refractivity contribution in [1.29, 1.82) is 0 Å². The first-order valence-electron chi connectivity index (χ1n) is 6.78. The van der Waals surface area contributed by atoms with Crippen LogP contribution in [0.4, 0.5) is 10.5 Å². The van der Waals surface area contributed by atoms with Gasteiger partial charge in [0.2, 0.25) is 0 Å². The number of amides is 2. The number of hydrogen-bond donors (Lipinski definition) is 2. The van der Waals surface area contributed by atoms with Gasteiger partial charge in [-0.2, -0.15) is 0 Å². The van der Waals surface area contributed by atoms with Crippen LogP contribution in [0.15, 0.2) is 48.5 Å². The second kappa shape index (κ2) is 6.34. The van der Waals surface area contributed by atoms with Gasteiger partial charge in [-0.15, -0.1) is 0 Å². The Balaban J connectivity index is 1.70. The van der Waals surface area contributed by atoms with Crippen LogP contribution in [0, 0.1) is 3.57 Å². The summed E-state index contributed by atoms with van der Waals surface area (Å²) in [5, 5.41) is 5.91. The van der Waals surface area contributed by atoms with Crippen molar-refractivity contribution in [3.05, 3.63) is 57.7 Å². The summed E-state index contributed by atoms with van der Waals surface area (Å²) in [5.74, 6) is 0.850. The smallest absolute Gasteiger partial charge is 0.319 e. The molecular formula is C16H15IN2O2. The largest absolute Gasteiger partial charge is 0.493 e. The molecule has 0 radical (unpaired) electrons. The van der Waals surface area contributed by atoms with Crippen LogP contribution in [0.3, 0.4) is 0 Å². The molecule has 2 N–H and O–H groups in total. The van der Waals surface area contributed by atoms with Gasteiger partial charge in [0.25, 0.3) is 0 Å². The van der Waals surface area contributed by atoms with Gasteiger partial charge in [-0.3, -0.25) is 0 Å². The molecule has 0 saturated carbocycles. The van der Waals surface area contributed by atoms with Crippen molar-refractivity contribution in [1.82, 2.24) is 5.32 Å². The summed E-state index contributed by atoms with van der Waals surface area (Å²) in [5.41, 5.74) is 1.85. The highest BCUT2D eigenvalue weighted by molar-refractivity contribution is 14.1. The number of carbonyl (C=O) groups excluding carboxylic acids is 1. The quantitative estimate of drug-likeness (QED) is 0.759. The second-order valence-corrected chi connectivity index (χ2v) is 5.97. The van der Waals surface area contributed by atoms with E-state index in [0.717, 1.165) is 27.0 Å². The van der Waals surface area contributed by atoms with Gasteiger partial charge in [0.05, 0.1) is 18.3 Å². The second-order valence-electron chi connectivity index (χ2n) is 4.81. The van der Waals surface area contributed by atoms with Crippen molar-refractivity contribution >= 4 is 34.3 Å². The third-order valence-electron chi connectivity index (χ3n) is 3.39. The molecule has 2 aromatic carbocycles. The number of carbonyl (C=O) groups is 1. The van der Waals surface area contributed by atoms with Gasteiger partial charge in [0.15, 0.2) is 0 Å². The van der Waals surface area contributed by atoms with Crippen molar-refractivity contribution in [2.24, 2.45) is 0 Å². The lowest BCUT2D eigenvalue weighted by Gasteiger charge is -2.26. The minimum Gasteiger partial charge on any atom is -0.493 e. The van der Waals surface area contributed by atoms with Crippen LogP contribution in [0.25, 0.3) is 0 Å². The first kappa shape index (κ1) is 14.2. The predicted octanol–water partition coefficient (Wildman–Crippen LogP) is 3.94. The first-order chi connectivity index (χ1) is 10.2. The molecule has 4 nitrogen and oxygen atoms in total. The molecule has 0 aromatic heterocycles. The average molecular weight is 394 g/mol. The van der Waals surface area contributed by atoms with Gasteiger partial charge in [0, 0.05) is 15.6 Å². The fraction of sp³-hybridized carbons (Fsp3) is 0.188. The van der Waals surface area contributed by atoms with Crippen molar-refractivity contribution in [3.8, 4) is 5.75 Å². The molecule has 108 valence electrons. The fourth-order valence-electron chi connectivity index (χ4n) is 2.37. The van der Waals surface area contributed by atoms with Crippen molar-refractivity contribution in [2.75, 3.05) is 11.9 Å². The number of benzene rings is 2. The molecule has 1 heterocycles. The van der Waals surface area contributed by atoms with Crippen LogP contribution in [-0.2, 0) is 0 Å². The molecule has 0 saturated heterocycles. The van der Waals surface area contributed by atoms with E-state index in [4.69, 9.17) is 4.74 Å². The van der Waals surface area contributed by atoms with Crippen molar-refractivity contribution < 1.29 is 9.53 Å². The average Bonchev–Trinajstić information content (AvgIpc) is 2.50. The number of ether oxygens (including phenoxy) is 1. The Bertz CT molecular complexity index is 660. The topological polar surface area (TPSA) is 50.4 Å². The summed E-state index contributed by atoms with van der Waals surface area (Å²) in [6.45, 7) is 0.616. The summed E-state index contributed by atoms with van der Waals surface area (Å²) in [7, 11) is 0. The van der Waals surface area contributed by atoms with Gasteiger partial charge in [-0.25, -0.2) is 4.79 Å². The van der Waals surface area contributed by atoms with Crippen molar-refractivity contribution in [2.45, 2.75) is 12.5 Å². The molecule has 0 aliphatic carbocycles. The Morgan fingerprint density at radius 1 is 1.14 bits per heavy atom. The highest BCUT2D eigenvalue weighted by atomic mass is 127. The third-order valence-corrected chi connectivity index (χ3v) is 4.33. The number of urea groups is 1.